The molecule has 66 valence electrons. The lowest BCUT2D eigenvalue weighted by atomic mass is 10.3. The van der Waals surface area contributed by atoms with Gasteiger partial charge in [0.05, 0.1) is 5.69 Å². The normalized spacial score (nSPS) is 10.6. The molecular weight excluding hydrogens is 164 g/mol. The summed E-state index contributed by atoms with van der Waals surface area (Å²) in [6.07, 6.45) is 3.82. The second-order valence-electron chi connectivity index (χ2n) is 3.13. The zero-order valence-electron chi connectivity index (χ0n) is 7.69. The predicted octanol–water partition coefficient (Wildman–Crippen LogP) is 0.432. The van der Waals surface area contributed by atoms with E-state index in [1.54, 1.807) is 11.6 Å². The fourth-order valence-corrected chi connectivity index (χ4v) is 1.37. The van der Waals surface area contributed by atoms with E-state index in [4.69, 9.17) is 0 Å². The van der Waals surface area contributed by atoms with Crippen LogP contribution in [-0.4, -0.2) is 4.57 Å². The van der Waals surface area contributed by atoms with E-state index in [1.165, 1.54) is 0 Å². The Balaban J connectivity index is 3.03. The highest BCUT2D eigenvalue weighted by Gasteiger charge is 2.08. The van der Waals surface area contributed by atoms with Crippen molar-refractivity contribution in [3.63, 3.8) is 0 Å². The van der Waals surface area contributed by atoms with Gasteiger partial charge in [0.1, 0.15) is 0 Å². The van der Waals surface area contributed by atoms with Crippen LogP contribution in [0.25, 0.3) is 5.52 Å². The second kappa shape index (κ2) is 2.69. The summed E-state index contributed by atoms with van der Waals surface area (Å²) in [5.41, 5.74) is 1.70. The zero-order valence-corrected chi connectivity index (χ0v) is 7.69. The summed E-state index contributed by atoms with van der Waals surface area (Å²) < 4.78 is 3.49. The number of hydrogen-bond donors (Lipinski definition) is 0. The van der Waals surface area contributed by atoms with Gasteiger partial charge in [0.15, 0.2) is 12.4 Å². The minimum absolute atomic E-state index is 0.0422. The van der Waals surface area contributed by atoms with E-state index in [-0.39, 0.29) is 5.56 Å². The van der Waals surface area contributed by atoms with Gasteiger partial charge in [-0.3, -0.25) is 4.79 Å². The van der Waals surface area contributed by atoms with Crippen LogP contribution < -0.4 is 9.96 Å². The van der Waals surface area contributed by atoms with Gasteiger partial charge < -0.3 is 4.57 Å². The molecule has 3 nitrogen and oxygen atoms in total. The Hall–Kier alpha value is -1.64. The number of aryl methyl sites for hydroxylation is 1. The van der Waals surface area contributed by atoms with Gasteiger partial charge in [0.25, 0.3) is 5.52 Å². The van der Waals surface area contributed by atoms with Gasteiger partial charge in [-0.15, -0.1) is 0 Å². The lowest BCUT2D eigenvalue weighted by Crippen LogP contribution is -2.34. The highest BCUT2D eigenvalue weighted by Crippen LogP contribution is 1.91. The summed E-state index contributed by atoms with van der Waals surface area (Å²) in [5, 5.41) is 0. The van der Waals surface area contributed by atoms with Crippen LogP contribution in [0, 0.1) is 6.92 Å². The number of nitrogens with zero attached hydrogens (tertiary/aromatic N) is 2. The molecule has 2 aromatic heterocycles. The predicted molar refractivity (Wildman–Crippen MR) is 49.6 cm³/mol. The smallest absolute Gasteiger partial charge is 0.305 e. The number of fused-ring (bicyclic) bond motifs is 1. The van der Waals surface area contributed by atoms with Crippen LogP contribution in [0.1, 0.15) is 5.69 Å². The van der Waals surface area contributed by atoms with Crippen molar-refractivity contribution in [3.05, 3.63) is 46.6 Å². The van der Waals surface area contributed by atoms with Gasteiger partial charge >= 0.3 is 5.56 Å². The van der Waals surface area contributed by atoms with E-state index in [0.29, 0.717) is 5.52 Å². The molecule has 0 bridgehead atoms. The molecule has 0 unspecified atom stereocenters. The van der Waals surface area contributed by atoms with Crippen LogP contribution >= 0.6 is 0 Å². The maximum atomic E-state index is 11.7. The number of pyridine rings is 1. The third-order valence-corrected chi connectivity index (χ3v) is 2.27. The average Bonchev–Trinajstić information content (AvgIpc) is 2.15. The van der Waals surface area contributed by atoms with Gasteiger partial charge in [-0.1, -0.05) is 0 Å². The quantitative estimate of drug-likeness (QED) is 0.533. The molecule has 0 aliphatic carbocycles. The van der Waals surface area contributed by atoms with Crippen molar-refractivity contribution < 1.29 is 4.40 Å². The molecule has 13 heavy (non-hydrogen) atoms. The Labute approximate surface area is 75.9 Å². The van der Waals surface area contributed by atoms with Crippen LogP contribution in [0.5, 0.6) is 0 Å². The van der Waals surface area contributed by atoms with E-state index in [1.807, 2.05) is 41.9 Å². The molecule has 2 aromatic rings. The van der Waals surface area contributed by atoms with Crippen LogP contribution in [0.2, 0.25) is 0 Å². The van der Waals surface area contributed by atoms with Crippen molar-refractivity contribution >= 4 is 5.52 Å². The summed E-state index contributed by atoms with van der Waals surface area (Å²) in [6, 6.07) is 5.60. The van der Waals surface area contributed by atoms with E-state index in [9.17, 15) is 4.79 Å². The second-order valence-corrected chi connectivity index (χ2v) is 3.13. The topological polar surface area (TPSA) is 26.1 Å². The fourth-order valence-electron chi connectivity index (χ4n) is 1.37. The maximum Gasteiger partial charge on any atom is 0.323 e. The molecule has 3 heteroatoms. The maximum absolute atomic E-state index is 11.7. The lowest BCUT2D eigenvalue weighted by Gasteiger charge is -1.99. The van der Waals surface area contributed by atoms with Crippen LogP contribution in [0.4, 0.5) is 0 Å². The first-order valence-electron chi connectivity index (χ1n) is 4.17. The molecule has 0 aliphatic rings. The summed E-state index contributed by atoms with van der Waals surface area (Å²) in [7, 11) is 1.78. The highest BCUT2D eigenvalue weighted by molar-refractivity contribution is 5.35. The fraction of sp³-hybridized carbons (Fsp3) is 0.200. The molecule has 0 aromatic carbocycles. The van der Waals surface area contributed by atoms with E-state index < -0.39 is 0 Å². The Bertz CT molecular complexity index is 514. The molecule has 0 atom stereocenters. The van der Waals surface area contributed by atoms with Gasteiger partial charge in [0.2, 0.25) is 0 Å². The van der Waals surface area contributed by atoms with E-state index in [2.05, 4.69) is 0 Å². The molecule has 0 spiro atoms. The van der Waals surface area contributed by atoms with E-state index in [0.717, 1.165) is 5.69 Å². The van der Waals surface area contributed by atoms with Crippen LogP contribution in [-0.2, 0) is 7.05 Å². The van der Waals surface area contributed by atoms with Gasteiger partial charge in [-0.2, -0.15) is 4.40 Å². The molecule has 2 rings (SSSR count). The number of hydrogen-bond acceptors (Lipinski definition) is 1. The Morgan fingerprint density at radius 1 is 1.38 bits per heavy atom. The average molecular weight is 175 g/mol. The Morgan fingerprint density at radius 3 is 2.92 bits per heavy atom. The highest BCUT2D eigenvalue weighted by atomic mass is 16.1. The molecular formula is C10H11N2O+. The van der Waals surface area contributed by atoms with Gasteiger partial charge in [-0.25, -0.2) is 0 Å². The molecule has 0 fully saturated rings. The first-order chi connectivity index (χ1) is 6.20. The molecule has 2 heterocycles. The van der Waals surface area contributed by atoms with Crippen molar-refractivity contribution in [2.75, 3.05) is 0 Å². The minimum Gasteiger partial charge on any atom is -0.305 e. The first kappa shape index (κ1) is 7.98. The van der Waals surface area contributed by atoms with Crippen LogP contribution in [0.3, 0.4) is 0 Å². The summed E-state index contributed by atoms with van der Waals surface area (Å²) >= 11 is 0. The molecule has 0 radical (unpaired) electrons. The first-order valence-corrected chi connectivity index (χ1v) is 4.17. The molecule has 0 amide bonds. The van der Waals surface area contributed by atoms with Crippen molar-refractivity contribution in [2.45, 2.75) is 6.92 Å². The molecule has 0 saturated carbocycles. The molecule has 0 saturated heterocycles. The van der Waals surface area contributed by atoms with Crippen LogP contribution in [0.15, 0.2) is 35.4 Å². The third-order valence-electron chi connectivity index (χ3n) is 2.27. The summed E-state index contributed by atoms with van der Waals surface area (Å²) in [6.45, 7) is 1.92. The Morgan fingerprint density at radius 2 is 2.15 bits per heavy atom. The van der Waals surface area contributed by atoms with Gasteiger partial charge in [-0.05, 0) is 13.0 Å². The number of aromatic nitrogens is 2. The lowest BCUT2D eigenvalue weighted by molar-refractivity contribution is -0.514. The summed E-state index contributed by atoms with van der Waals surface area (Å²) in [5.74, 6) is 0. The monoisotopic (exact) mass is 175 g/mol. The molecule has 0 N–H and O–H groups in total. The van der Waals surface area contributed by atoms with E-state index >= 15 is 0 Å². The van der Waals surface area contributed by atoms with Crippen molar-refractivity contribution in [3.8, 4) is 0 Å². The Kier molecular flexibility index (Phi) is 1.65. The standard InChI is InChI=1S/C10H11N2O/c1-8-7-12-6-4-3-5-9(12)10(13)11(8)2/h3-7H,1-2H3/q+1. The van der Waals surface area contributed by atoms with Crippen molar-refractivity contribution in [1.29, 1.82) is 0 Å². The number of rotatable bonds is 0. The minimum atomic E-state index is 0.0422. The van der Waals surface area contributed by atoms with Crippen molar-refractivity contribution in [2.24, 2.45) is 7.05 Å². The SMILES string of the molecule is Cc1c[n+]2ccccc2c(=O)n1C. The largest absolute Gasteiger partial charge is 0.323 e. The molecule has 0 aliphatic heterocycles. The van der Waals surface area contributed by atoms with Crippen molar-refractivity contribution in [1.82, 2.24) is 4.57 Å². The third kappa shape index (κ3) is 1.13. The van der Waals surface area contributed by atoms with Gasteiger partial charge in [0, 0.05) is 19.2 Å². The summed E-state index contributed by atoms with van der Waals surface area (Å²) in [4.78, 5) is 11.7. The zero-order chi connectivity index (χ0) is 9.42.